The van der Waals surface area contributed by atoms with E-state index in [-0.39, 0.29) is 49.5 Å². The lowest BCUT2D eigenvalue weighted by molar-refractivity contribution is -0.141. The fourth-order valence-corrected chi connectivity index (χ4v) is 4.97. The standard InChI is InChI=1S/C27H37F2N3O4S/c1-6-20(4)30-27(34)25(7-2)31(18-21-11-8-10-19(3)16-21)26(33)12-9-15-32(37(5,35)36)22-13-14-23(28)24(29)17-22/h8,10-11,13-14,16-17,20,25H,6-7,9,12,15,18H2,1-5H3,(H,30,34). The number of aryl methyl sites for hydroxylation is 1. The first-order chi connectivity index (χ1) is 17.4. The molecule has 10 heteroatoms. The highest BCUT2D eigenvalue weighted by Gasteiger charge is 2.29. The van der Waals surface area contributed by atoms with Gasteiger partial charge in [-0.15, -0.1) is 0 Å². The molecule has 0 radical (unpaired) electrons. The summed E-state index contributed by atoms with van der Waals surface area (Å²) in [6, 6.07) is 9.79. The summed E-state index contributed by atoms with van der Waals surface area (Å²) in [5.41, 5.74) is 1.88. The van der Waals surface area contributed by atoms with Crippen molar-refractivity contribution >= 4 is 27.5 Å². The predicted octanol–water partition coefficient (Wildman–Crippen LogP) is 4.54. The molecule has 1 N–H and O–H groups in total. The number of hydrogen-bond acceptors (Lipinski definition) is 4. The molecule has 0 fully saturated rings. The largest absolute Gasteiger partial charge is 0.352 e. The molecular formula is C27H37F2N3O4S. The average molecular weight is 538 g/mol. The van der Waals surface area contributed by atoms with Gasteiger partial charge in [-0.05, 0) is 50.8 Å². The van der Waals surface area contributed by atoms with E-state index in [2.05, 4.69) is 5.32 Å². The zero-order valence-electron chi connectivity index (χ0n) is 22.1. The Kier molecular flexibility index (Phi) is 11.0. The molecule has 2 aromatic carbocycles. The van der Waals surface area contributed by atoms with Crippen molar-refractivity contribution in [1.82, 2.24) is 10.2 Å². The lowest BCUT2D eigenvalue weighted by atomic mass is 10.1. The van der Waals surface area contributed by atoms with Gasteiger partial charge in [-0.3, -0.25) is 13.9 Å². The summed E-state index contributed by atoms with van der Waals surface area (Å²) in [6.45, 7) is 7.76. The number of sulfonamides is 1. The molecule has 0 heterocycles. The number of nitrogens with zero attached hydrogens (tertiary/aromatic N) is 2. The number of rotatable bonds is 13. The highest BCUT2D eigenvalue weighted by atomic mass is 32.2. The third kappa shape index (κ3) is 8.80. The Morgan fingerprint density at radius 1 is 1.03 bits per heavy atom. The number of halogens is 2. The first-order valence-corrected chi connectivity index (χ1v) is 14.3. The van der Waals surface area contributed by atoms with Crippen molar-refractivity contribution in [3.05, 3.63) is 65.2 Å². The molecule has 0 aromatic heterocycles. The summed E-state index contributed by atoms with van der Waals surface area (Å²) in [7, 11) is -3.81. The molecule has 2 atom stereocenters. The molecule has 2 unspecified atom stereocenters. The molecule has 204 valence electrons. The molecule has 0 saturated carbocycles. The van der Waals surface area contributed by atoms with Crippen molar-refractivity contribution in [2.24, 2.45) is 0 Å². The lowest BCUT2D eigenvalue weighted by Gasteiger charge is -2.32. The summed E-state index contributed by atoms with van der Waals surface area (Å²) in [6.07, 6.45) is 2.21. The number of nitrogens with one attached hydrogen (secondary N) is 1. The van der Waals surface area contributed by atoms with E-state index in [1.807, 2.05) is 52.0 Å². The Balaban J connectivity index is 2.24. The normalized spacial score (nSPS) is 13.1. The van der Waals surface area contributed by atoms with Gasteiger partial charge in [-0.1, -0.05) is 43.7 Å². The van der Waals surface area contributed by atoms with Gasteiger partial charge in [0, 0.05) is 31.6 Å². The molecule has 37 heavy (non-hydrogen) atoms. The van der Waals surface area contributed by atoms with E-state index in [9.17, 15) is 26.8 Å². The van der Waals surface area contributed by atoms with Crippen LogP contribution in [0.4, 0.5) is 14.5 Å². The molecule has 0 aliphatic heterocycles. The molecule has 0 aliphatic carbocycles. The van der Waals surface area contributed by atoms with E-state index in [0.717, 1.165) is 40.2 Å². The third-order valence-corrected chi connectivity index (χ3v) is 7.36. The van der Waals surface area contributed by atoms with Gasteiger partial charge >= 0.3 is 0 Å². The van der Waals surface area contributed by atoms with Crippen molar-refractivity contribution in [2.75, 3.05) is 17.1 Å². The van der Waals surface area contributed by atoms with Gasteiger partial charge in [-0.25, -0.2) is 17.2 Å². The highest BCUT2D eigenvalue weighted by Crippen LogP contribution is 2.22. The van der Waals surface area contributed by atoms with Gasteiger partial charge in [-0.2, -0.15) is 0 Å². The van der Waals surface area contributed by atoms with Crippen LogP contribution < -0.4 is 9.62 Å². The predicted molar refractivity (Wildman–Crippen MR) is 141 cm³/mol. The van der Waals surface area contributed by atoms with Crippen LogP contribution in [0.3, 0.4) is 0 Å². The van der Waals surface area contributed by atoms with Crippen LogP contribution in [-0.4, -0.2) is 50.0 Å². The number of benzene rings is 2. The van der Waals surface area contributed by atoms with Gasteiger partial charge in [0.2, 0.25) is 21.8 Å². The van der Waals surface area contributed by atoms with E-state index < -0.39 is 27.7 Å². The summed E-state index contributed by atoms with van der Waals surface area (Å²) >= 11 is 0. The van der Waals surface area contributed by atoms with Gasteiger partial charge in [0.05, 0.1) is 11.9 Å². The quantitative estimate of drug-likeness (QED) is 0.406. The van der Waals surface area contributed by atoms with Crippen LogP contribution in [-0.2, 0) is 26.2 Å². The first-order valence-electron chi connectivity index (χ1n) is 12.5. The van der Waals surface area contributed by atoms with E-state index in [0.29, 0.717) is 6.42 Å². The Morgan fingerprint density at radius 2 is 1.73 bits per heavy atom. The molecule has 0 saturated heterocycles. The second-order valence-electron chi connectivity index (χ2n) is 9.29. The zero-order chi connectivity index (χ0) is 27.8. The molecule has 2 rings (SSSR count). The summed E-state index contributed by atoms with van der Waals surface area (Å²) < 4.78 is 52.7. The SMILES string of the molecule is CCC(C)NC(=O)C(CC)N(Cc1cccc(C)c1)C(=O)CCCN(c1ccc(F)c(F)c1)S(C)(=O)=O. The monoisotopic (exact) mass is 537 g/mol. The van der Waals surface area contributed by atoms with Gasteiger partial charge in [0.25, 0.3) is 0 Å². The molecular weight excluding hydrogens is 500 g/mol. The smallest absolute Gasteiger partial charge is 0.243 e. The minimum atomic E-state index is -3.81. The fourth-order valence-electron chi connectivity index (χ4n) is 4.01. The minimum Gasteiger partial charge on any atom is -0.352 e. The topological polar surface area (TPSA) is 86.8 Å². The van der Waals surface area contributed by atoms with Crippen LogP contribution in [0.1, 0.15) is 57.6 Å². The molecule has 7 nitrogen and oxygen atoms in total. The van der Waals surface area contributed by atoms with Gasteiger partial charge < -0.3 is 10.2 Å². The molecule has 0 aliphatic rings. The Hall–Kier alpha value is -3.01. The van der Waals surface area contributed by atoms with E-state index in [1.165, 1.54) is 11.0 Å². The summed E-state index contributed by atoms with van der Waals surface area (Å²) in [4.78, 5) is 28.0. The van der Waals surface area contributed by atoms with Crippen molar-refractivity contribution < 1.29 is 26.8 Å². The van der Waals surface area contributed by atoms with Gasteiger partial charge in [0.1, 0.15) is 6.04 Å². The van der Waals surface area contributed by atoms with Crippen LogP contribution in [0.2, 0.25) is 0 Å². The maximum atomic E-state index is 13.7. The number of anilines is 1. The van der Waals surface area contributed by atoms with Gasteiger partial charge in [0.15, 0.2) is 11.6 Å². The lowest BCUT2D eigenvalue weighted by Crippen LogP contribution is -2.50. The molecule has 0 bridgehead atoms. The minimum absolute atomic E-state index is 0.0233. The molecule has 0 spiro atoms. The van der Waals surface area contributed by atoms with E-state index in [1.54, 1.807) is 0 Å². The van der Waals surface area contributed by atoms with E-state index >= 15 is 0 Å². The highest BCUT2D eigenvalue weighted by molar-refractivity contribution is 7.92. The van der Waals surface area contributed by atoms with Crippen LogP contribution in [0.5, 0.6) is 0 Å². The first kappa shape index (κ1) is 30.2. The van der Waals surface area contributed by atoms with Crippen LogP contribution in [0, 0.1) is 18.6 Å². The Morgan fingerprint density at radius 3 is 2.30 bits per heavy atom. The average Bonchev–Trinajstić information content (AvgIpc) is 2.82. The molecule has 2 amide bonds. The zero-order valence-corrected chi connectivity index (χ0v) is 22.9. The van der Waals surface area contributed by atoms with Crippen LogP contribution >= 0.6 is 0 Å². The maximum absolute atomic E-state index is 13.7. The van der Waals surface area contributed by atoms with Crippen LogP contribution in [0.15, 0.2) is 42.5 Å². The van der Waals surface area contributed by atoms with Crippen molar-refractivity contribution in [3.63, 3.8) is 0 Å². The summed E-state index contributed by atoms with van der Waals surface area (Å²) in [5, 5.41) is 2.95. The number of carbonyl (C=O) groups excluding carboxylic acids is 2. The summed E-state index contributed by atoms with van der Waals surface area (Å²) in [5.74, 6) is -2.78. The second-order valence-corrected chi connectivity index (χ2v) is 11.2. The third-order valence-electron chi connectivity index (χ3n) is 6.17. The Bertz CT molecular complexity index is 1190. The Labute approximate surface area is 218 Å². The number of carbonyl (C=O) groups is 2. The van der Waals surface area contributed by atoms with Crippen LogP contribution in [0.25, 0.3) is 0 Å². The van der Waals surface area contributed by atoms with Crippen molar-refractivity contribution in [2.45, 2.75) is 72.0 Å². The maximum Gasteiger partial charge on any atom is 0.243 e. The number of amides is 2. The van der Waals surface area contributed by atoms with E-state index in [4.69, 9.17) is 0 Å². The molecule has 2 aromatic rings. The number of hydrogen-bond donors (Lipinski definition) is 1. The fraction of sp³-hybridized carbons (Fsp3) is 0.481. The second kappa shape index (κ2) is 13.5. The van der Waals surface area contributed by atoms with Crippen molar-refractivity contribution in [3.8, 4) is 0 Å². The van der Waals surface area contributed by atoms with Crippen molar-refractivity contribution in [1.29, 1.82) is 0 Å².